The number of nitrogens with zero attached hydrogens (tertiary/aromatic N) is 1. The van der Waals surface area contributed by atoms with Crippen LogP contribution in [0.2, 0.25) is 0 Å². The van der Waals surface area contributed by atoms with E-state index in [0.29, 0.717) is 17.3 Å². The second kappa shape index (κ2) is 8.60. The zero-order chi connectivity index (χ0) is 19.2. The van der Waals surface area contributed by atoms with Crippen molar-refractivity contribution in [1.29, 1.82) is 5.26 Å². The molecule has 0 aliphatic carbocycles. The molecule has 3 aromatic rings. The van der Waals surface area contributed by atoms with Crippen molar-refractivity contribution in [3.05, 3.63) is 63.7 Å². The van der Waals surface area contributed by atoms with Gasteiger partial charge in [-0.15, -0.1) is 0 Å². The molecule has 1 heterocycles. The third-order valence-corrected chi connectivity index (χ3v) is 4.36. The van der Waals surface area contributed by atoms with Gasteiger partial charge in [0, 0.05) is 15.2 Å². The number of anilines is 1. The molecule has 0 bridgehead atoms. The summed E-state index contributed by atoms with van der Waals surface area (Å²) in [6, 6.07) is 18.2. The number of halogens is 1. The summed E-state index contributed by atoms with van der Waals surface area (Å²) in [7, 11) is 1.57. The Morgan fingerprint density at radius 1 is 1.19 bits per heavy atom. The van der Waals surface area contributed by atoms with Crippen molar-refractivity contribution < 1.29 is 18.7 Å². The van der Waals surface area contributed by atoms with Crippen LogP contribution in [0, 0.1) is 14.9 Å². The number of hydrogen-bond acceptors (Lipinski definition) is 5. The number of nitrogens with one attached hydrogen (secondary N) is 1. The topological polar surface area (TPSA) is 84.5 Å². The Morgan fingerprint density at radius 2 is 1.96 bits per heavy atom. The average molecular weight is 474 g/mol. The molecule has 0 aliphatic heterocycles. The second-order valence-electron chi connectivity index (χ2n) is 5.49. The number of benzene rings is 2. The van der Waals surface area contributed by atoms with Crippen LogP contribution in [0.4, 0.5) is 5.88 Å². The first-order chi connectivity index (χ1) is 13.1. The molecule has 0 fully saturated rings. The van der Waals surface area contributed by atoms with E-state index in [1.807, 2.05) is 36.4 Å². The molecule has 0 spiro atoms. The minimum Gasteiger partial charge on any atom is -0.497 e. The van der Waals surface area contributed by atoms with Crippen LogP contribution >= 0.6 is 22.6 Å². The zero-order valence-electron chi connectivity index (χ0n) is 14.4. The molecule has 1 N–H and O–H groups in total. The van der Waals surface area contributed by atoms with E-state index in [2.05, 4.69) is 27.9 Å². The molecule has 2 aromatic carbocycles. The van der Waals surface area contributed by atoms with Gasteiger partial charge >= 0.3 is 0 Å². The summed E-state index contributed by atoms with van der Waals surface area (Å²) in [5, 5.41) is 11.9. The molecule has 0 radical (unpaired) electrons. The number of nitriles is 1. The maximum Gasteiger partial charge on any atom is 0.264 e. The van der Waals surface area contributed by atoms with Gasteiger partial charge in [0.2, 0.25) is 5.88 Å². The summed E-state index contributed by atoms with van der Waals surface area (Å²) in [5.41, 5.74) is 0.969. The molecule has 0 saturated carbocycles. The van der Waals surface area contributed by atoms with Gasteiger partial charge in [0.15, 0.2) is 6.61 Å². The van der Waals surface area contributed by atoms with E-state index >= 15 is 0 Å². The highest BCUT2D eigenvalue weighted by molar-refractivity contribution is 14.1. The number of methoxy groups -OCH3 is 1. The minimum absolute atomic E-state index is 0.0894. The molecule has 3 rings (SSSR count). The van der Waals surface area contributed by atoms with E-state index < -0.39 is 5.91 Å². The fourth-order valence-electron chi connectivity index (χ4n) is 2.33. The highest BCUT2D eigenvalue weighted by Crippen LogP contribution is 2.30. The monoisotopic (exact) mass is 474 g/mol. The van der Waals surface area contributed by atoms with Crippen molar-refractivity contribution >= 4 is 34.4 Å². The molecule has 136 valence electrons. The lowest BCUT2D eigenvalue weighted by atomic mass is 10.1. The second-order valence-corrected chi connectivity index (χ2v) is 6.73. The van der Waals surface area contributed by atoms with Gasteiger partial charge in [0.25, 0.3) is 5.91 Å². The number of carbonyl (C=O) groups is 1. The quantitative estimate of drug-likeness (QED) is 0.534. The molecular weight excluding hydrogens is 459 g/mol. The van der Waals surface area contributed by atoms with Crippen LogP contribution in [0.1, 0.15) is 5.56 Å². The molecule has 6 nitrogen and oxygen atoms in total. The number of carbonyl (C=O) groups excluding carboxylic acids is 1. The van der Waals surface area contributed by atoms with Gasteiger partial charge < -0.3 is 13.9 Å². The van der Waals surface area contributed by atoms with E-state index in [4.69, 9.17) is 13.9 Å². The van der Waals surface area contributed by atoms with E-state index in [-0.39, 0.29) is 18.1 Å². The molecule has 27 heavy (non-hydrogen) atoms. The van der Waals surface area contributed by atoms with Crippen LogP contribution in [0.3, 0.4) is 0 Å². The van der Waals surface area contributed by atoms with Gasteiger partial charge in [0.05, 0.1) is 7.11 Å². The molecule has 0 atom stereocenters. The lowest BCUT2D eigenvalue weighted by Crippen LogP contribution is -2.20. The van der Waals surface area contributed by atoms with Crippen molar-refractivity contribution in [2.45, 2.75) is 0 Å². The summed E-state index contributed by atoms with van der Waals surface area (Å²) in [6.07, 6.45) is 0. The summed E-state index contributed by atoms with van der Waals surface area (Å²) in [4.78, 5) is 12.1. The van der Waals surface area contributed by atoms with Crippen molar-refractivity contribution in [3.8, 4) is 28.9 Å². The van der Waals surface area contributed by atoms with Gasteiger partial charge in [-0.1, -0.05) is 12.1 Å². The fourth-order valence-corrected chi connectivity index (χ4v) is 2.69. The first-order valence-corrected chi connectivity index (χ1v) is 9.03. The number of hydrogen-bond donors (Lipinski definition) is 1. The highest BCUT2D eigenvalue weighted by Gasteiger charge is 2.15. The largest absolute Gasteiger partial charge is 0.497 e. The van der Waals surface area contributed by atoms with Crippen molar-refractivity contribution in [2.24, 2.45) is 0 Å². The summed E-state index contributed by atoms with van der Waals surface area (Å²) in [6.45, 7) is -0.194. The van der Waals surface area contributed by atoms with Crippen LogP contribution in [0.5, 0.6) is 11.5 Å². The lowest BCUT2D eigenvalue weighted by Gasteiger charge is -2.06. The molecule has 0 aliphatic rings. The van der Waals surface area contributed by atoms with E-state index in [9.17, 15) is 10.1 Å². The van der Waals surface area contributed by atoms with E-state index in [1.165, 1.54) is 0 Å². The van der Waals surface area contributed by atoms with Gasteiger partial charge in [-0.3, -0.25) is 10.1 Å². The SMILES string of the molecule is COc1cccc(-c2cc(C#N)c(NC(=O)COc3ccc(I)cc3)o2)c1. The third kappa shape index (κ3) is 4.80. The molecule has 1 amide bonds. The van der Waals surface area contributed by atoms with Gasteiger partial charge in [0.1, 0.15) is 28.9 Å². The van der Waals surface area contributed by atoms with Crippen LogP contribution < -0.4 is 14.8 Å². The minimum atomic E-state index is -0.420. The first kappa shape index (κ1) is 18.8. The summed E-state index contributed by atoms with van der Waals surface area (Å²) in [5.74, 6) is 1.38. The Morgan fingerprint density at radius 3 is 2.67 bits per heavy atom. The van der Waals surface area contributed by atoms with Crippen molar-refractivity contribution in [3.63, 3.8) is 0 Å². The molecular formula is C20H15IN2O4. The van der Waals surface area contributed by atoms with Crippen LogP contribution in [-0.4, -0.2) is 19.6 Å². The van der Waals surface area contributed by atoms with Gasteiger partial charge in [-0.05, 0) is 59.0 Å². The zero-order valence-corrected chi connectivity index (χ0v) is 16.5. The maximum atomic E-state index is 12.1. The molecule has 7 heteroatoms. The van der Waals surface area contributed by atoms with Crippen LogP contribution in [0.15, 0.2) is 59.0 Å². The fraction of sp³-hybridized carbons (Fsp3) is 0.100. The number of furan rings is 1. The van der Waals surface area contributed by atoms with Gasteiger partial charge in [-0.2, -0.15) is 5.26 Å². The number of rotatable bonds is 6. The Bertz CT molecular complexity index is 990. The van der Waals surface area contributed by atoms with Crippen molar-refractivity contribution in [2.75, 3.05) is 19.0 Å². The number of amides is 1. The lowest BCUT2D eigenvalue weighted by molar-refractivity contribution is -0.118. The van der Waals surface area contributed by atoms with Gasteiger partial charge in [-0.25, -0.2) is 0 Å². The first-order valence-electron chi connectivity index (χ1n) is 7.95. The highest BCUT2D eigenvalue weighted by atomic mass is 127. The Labute approximate surface area is 169 Å². The predicted molar refractivity (Wildman–Crippen MR) is 109 cm³/mol. The maximum absolute atomic E-state index is 12.1. The number of ether oxygens (including phenoxy) is 2. The molecule has 0 saturated heterocycles. The molecule has 1 aromatic heterocycles. The smallest absolute Gasteiger partial charge is 0.264 e. The summed E-state index contributed by atoms with van der Waals surface area (Å²) >= 11 is 2.19. The van der Waals surface area contributed by atoms with Crippen LogP contribution in [0.25, 0.3) is 11.3 Å². The van der Waals surface area contributed by atoms with Crippen LogP contribution in [-0.2, 0) is 4.79 Å². The Hall–Kier alpha value is -2.99. The Balaban J connectivity index is 1.70. The predicted octanol–water partition coefficient (Wildman–Crippen LogP) is 4.45. The van der Waals surface area contributed by atoms with E-state index in [1.54, 1.807) is 31.4 Å². The molecule has 0 unspecified atom stereocenters. The third-order valence-electron chi connectivity index (χ3n) is 3.64. The van der Waals surface area contributed by atoms with Crippen molar-refractivity contribution in [1.82, 2.24) is 0 Å². The summed E-state index contributed by atoms with van der Waals surface area (Å²) < 4.78 is 17.4. The van der Waals surface area contributed by atoms with E-state index in [0.717, 1.165) is 9.13 Å². The standard InChI is InChI=1S/C20H15IN2O4/c1-25-17-4-2-3-13(9-17)18-10-14(11-22)20(27-18)23-19(24)12-26-16-7-5-15(21)6-8-16/h2-10H,12H2,1H3,(H,23,24). The average Bonchev–Trinajstić information content (AvgIpc) is 3.10. The normalized spacial score (nSPS) is 10.1. The Kier molecular flexibility index (Phi) is 5.98.